The Morgan fingerprint density at radius 3 is 2.21 bits per heavy atom. The predicted molar refractivity (Wildman–Crippen MR) is 105 cm³/mol. The van der Waals surface area contributed by atoms with Gasteiger partial charge in [0.2, 0.25) is 11.8 Å². The Balaban J connectivity index is 1.89. The maximum Gasteiger partial charge on any atom is 0.255 e. The minimum absolute atomic E-state index is 0.0941. The Morgan fingerprint density at radius 1 is 0.964 bits per heavy atom. The van der Waals surface area contributed by atoms with E-state index in [-0.39, 0.29) is 23.1 Å². The van der Waals surface area contributed by atoms with Crippen LogP contribution in [-0.2, 0) is 22.6 Å². The minimum Gasteiger partial charge on any atom is -0.326 e. The molecule has 3 amide bonds. The maximum absolute atomic E-state index is 14.8. The maximum atomic E-state index is 14.8. The lowest BCUT2D eigenvalue weighted by atomic mass is 9.99. The van der Waals surface area contributed by atoms with E-state index in [2.05, 4.69) is 21.3 Å². The third-order valence-corrected chi connectivity index (χ3v) is 4.29. The highest BCUT2D eigenvalue weighted by atomic mass is 19.1. The molecule has 2 aromatic rings. The fourth-order valence-electron chi connectivity index (χ4n) is 3.13. The topological polar surface area (TPSA) is 99.3 Å². The average Bonchev–Trinajstić information content (AvgIpc) is 2.63. The van der Waals surface area contributed by atoms with E-state index in [9.17, 15) is 18.8 Å². The van der Waals surface area contributed by atoms with Crippen LogP contribution in [0.15, 0.2) is 30.3 Å². The molecule has 0 saturated heterocycles. The monoisotopic (exact) mass is 384 g/mol. The van der Waals surface area contributed by atoms with E-state index in [1.807, 2.05) is 0 Å². The highest BCUT2D eigenvalue weighted by Crippen LogP contribution is 2.26. The van der Waals surface area contributed by atoms with Crippen molar-refractivity contribution < 1.29 is 18.8 Å². The molecule has 0 spiro atoms. The molecule has 4 N–H and O–H groups in total. The molecule has 0 radical (unpaired) electrons. The molecule has 0 saturated carbocycles. The fraction of sp³-hybridized carbons (Fsp3) is 0.250. The molecule has 1 aliphatic heterocycles. The minimum atomic E-state index is -0.549. The van der Waals surface area contributed by atoms with E-state index >= 15 is 0 Å². The summed E-state index contributed by atoms with van der Waals surface area (Å²) in [5.74, 6) is -1.62. The van der Waals surface area contributed by atoms with Crippen LogP contribution in [0.1, 0.15) is 35.3 Å². The second-order valence-electron chi connectivity index (χ2n) is 6.61. The van der Waals surface area contributed by atoms with Gasteiger partial charge in [-0.3, -0.25) is 14.4 Å². The number of amides is 3. The summed E-state index contributed by atoms with van der Waals surface area (Å²) in [6.07, 6.45) is 0.551. The molecule has 0 aliphatic carbocycles. The van der Waals surface area contributed by atoms with Crippen molar-refractivity contribution in [2.75, 3.05) is 22.5 Å². The molecule has 1 aliphatic rings. The molecule has 7 nitrogen and oxygen atoms in total. The number of nitrogens with one attached hydrogen (secondary N) is 4. The summed E-state index contributed by atoms with van der Waals surface area (Å²) in [4.78, 5) is 35.4. The summed E-state index contributed by atoms with van der Waals surface area (Å²) in [6.45, 7) is 3.95. The molecule has 0 unspecified atom stereocenters. The van der Waals surface area contributed by atoms with Crippen molar-refractivity contribution in [3.63, 3.8) is 0 Å². The van der Waals surface area contributed by atoms with Crippen LogP contribution in [0.3, 0.4) is 0 Å². The molecule has 28 heavy (non-hydrogen) atoms. The second kappa shape index (κ2) is 8.18. The van der Waals surface area contributed by atoms with Gasteiger partial charge in [-0.25, -0.2) is 4.39 Å². The summed E-state index contributed by atoms with van der Waals surface area (Å²) >= 11 is 0. The number of rotatable bonds is 4. The molecule has 2 aromatic carbocycles. The predicted octanol–water partition coefficient (Wildman–Crippen LogP) is 2.64. The van der Waals surface area contributed by atoms with Gasteiger partial charge in [-0.2, -0.15) is 0 Å². The SMILES string of the molecule is CC(=O)Nc1cc(NC(C)=O)cc(C(=O)Nc2ccc3c(c2F)CCNC3)c1. The van der Waals surface area contributed by atoms with Gasteiger partial charge in [0.15, 0.2) is 0 Å². The first-order valence-electron chi connectivity index (χ1n) is 8.86. The van der Waals surface area contributed by atoms with Crippen molar-refractivity contribution in [3.05, 3.63) is 52.8 Å². The molecule has 146 valence electrons. The van der Waals surface area contributed by atoms with Crippen LogP contribution >= 0.6 is 0 Å². The fourth-order valence-corrected chi connectivity index (χ4v) is 3.13. The lowest BCUT2D eigenvalue weighted by molar-refractivity contribution is -0.115. The van der Waals surface area contributed by atoms with Gasteiger partial charge in [0.1, 0.15) is 5.82 Å². The molecule has 0 fully saturated rings. The zero-order valence-corrected chi connectivity index (χ0v) is 15.6. The number of carbonyl (C=O) groups is 3. The van der Waals surface area contributed by atoms with Crippen molar-refractivity contribution in [2.24, 2.45) is 0 Å². The number of hydrogen-bond acceptors (Lipinski definition) is 4. The molecule has 8 heteroatoms. The van der Waals surface area contributed by atoms with E-state index in [0.717, 1.165) is 5.56 Å². The van der Waals surface area contributed by atoms with Crippen molar-refractivity contribution >= 4 is 34.8 Å². The molecule has 1 heterocycles. The quantitative estimate of drug-likeness (QED) is 0.651. The van der Waals surface area contributed by atoms with E-state index in [4.69, 9.17) is 0 Å². The first-order chi connectivity index (χ1) is 13.3. The van der Waals surface area contributed by atoms with Crippen LogP contribution in [0.25, 0.3) is 0 Å². The number of hydrogen-bond donors (Lipinski definition) is 4. The zero-order chi connectivity index (χ0) is 20.3. The van der Waals surface area contributed by atoms with Crippen molar-refractivity contribution in [1.82, 2.24) is 5.32 Å². The Bertz CT molecular complexity index is 924. The molecular formula is C20H21FN4O3. The van der Waals surface area contributed by atoms with Gasteiger partial charge >= 0.3 is 0 Å². The van der Waals surface area contributed by atoms with Crippen LogP contribution in [0.4, 0.5) is 21.5 Å². The lowest BCUT2D eigenvalue weighted by Crippen LogP contribution is -2.25. The second-order valence-corrected chi connectivity index (χ2v) is 6.61. The number of anilines is 3. The average molecular weight is 384 g/mol. The van der Waals surface area contributed by atoms with Crippen LogP contribution in [0.5, 0.6) is 0 Å². The van der Waals surface area contributed by atoms with Gasteiger partial charge in [-0.05, 0) is 48.4 Å². The van der Waals surface area contributed by atoms with Gasteiger partial charge in [-0.15, -0.1) is 0 Å². The molecule has 0 atom stereocenters. The van der Waals surface area contributed by atoms with Crippen molar-refractivity contribution in [2.45, 2.75) is 26.8 Å². The van der Waals surface area contributed by atoms with E-state index in [1.54, 1.807) is 6.07 Å². The lowest BCUT2D eigenvalue weighted by Gasteiger charge is -2.19. The molecule has 3 rings (SSSR count). The van der Waals surface area contributed by atoms with E-state index in [0.29, 0.717) is 36.4 Å². The van der Waals surface area contributed by atoms with Crippen LogP contribution in [0, 0.1) is 5.82 Å². The molecule has 0 aromatic heterocycles. The van der Waals surface area contributed by atoms with Gasteiger partial charge < -0.3 is 21.3 Å². The first kappa shape index (κ1) is 19.5. The van der Waals surface area contributed by atoms with E-state index < -0.39 is 11.7 Å². The highest BCUT2D eigenvalue weighted by Gasteiger charge is 2.18. The number of benzene rings is 2. The van der Waals surface area contributed by atoms with Gasteiger partial charge in [-0.1, -0.05) is 6.07 Å². The Kier molecular flexibility index (Phi) is 5.70. The molecule has 0 bridgehead atoms. The zero-order valence-electron chi connectivity index (χ0n) is 15.6. The standard InChI is InChI=1S/C20H21FN4O3/c1-11(26)23-15-7-14(8-16(9-15)24-12(2)27)20(28)25-18-4-3-13-10-22-6-5-17(13)19(18)21/h3-4,7-9,22H,5-6,10H2,1-2H3,(H,23,26)(H,24,27)(H,25,28). The summed E-state index contributed by atoms with van der Waals surface area (Å²) in [5, 5.41) is 10.9. The van der Waals surface area contributed by atoms with Crippen LogP contribution < -0.4 is 21.3 Å². The van der Waals surface area contributed by atoms with E-state index in [1.165, 1.54) is 38.1 Å². The Hall–Kier alpha value is -3.26. The third kappa shape index (κ3) is 4.52. The third-order valence-electron chi connectivity index (χ3n) is 4.29. The summed E-state index contributed by atoms with van der Waals surface area (Å²) in [6, 6.07) is 7.78. The molecular weight excluding hydrogens is 363 g/mol. The Morgan fingerprint density at radius 2 is 1.61 bits per heavy atom. The van der Waals surface area contributed by atoms with Gasteiger partial charge in [0.05, 0.1) is 5.69 Å². The summed E-state index contributed by atoms with van der Waals surface area (Å²) < 4.78 is 14.8. The van der Waals surface area contributed by atoms with Gasteiger partial charge in [0, 0.05) is 37.3 Å². The van der Waals surface area contributed by atoms with Crippen molar-refractivity contribution in [1.29, 1.82) is 0 Å². The highest BCUT2D eigenvalue weighted by molar-refractivity contribution is 6.06. The van der Waals surface area contributed by atoms with Crippen molar-refractivity contribution in [3.8, 4) is 0 Å². The smallest absolute Gasteiger partial charge is 0.255 e. The summed E-state index contributed by atoms with van der Waals surface area (Å²) in [5.41, 5.74) is 2.44. The number of carbonyl (C=O) groups excluding carboxylic acids is 3. The van der Waals surface area contributed by atoms with Crippen LogP contribution in [0.2, 0.25) is 0 Å². The van der Waals surface area contributed by atoms with Gasteiger partial charge in [0.25, 0.3) is 5.91 Å². The van der Waals surface area contributed by atoms with Crippen LogP contribution in [-0.4, -0.2) is 24.3 Å². The normalized spacial score (nSPS) is 12.7. The first-order valence-corrected chi connectivity index (χ1v) is 8.86. The number of fused-ring (bicyclic) bond motifs is 1. The Labute approximate surface area is 161 Å². The number of halogens is 1. The largest absolute Gasteiger partial charge is 0.326 e. The summed E-state index contributed by atoms with van der Waals surface area (Å²) in [7, 11) is 0.